The van der Waals surface area contributed by atoms with Gasteiger partial charge in [0, 0.05) is 11.6 Å². The van der Waals surface area contributed by atoms with Crippen LogP contribution in [0.2, 0.25) is 0 Å². The molecule has 2 aromatic rings. The Kier molecular flexibility index (Phi) is 6.31. The van der Waals surface area contributed by atoms with Crippen molar-refractivity contribution in [3.05, 3.63) is 53.4 Å². The van der Waals surface area contributed by atoms with E-state index < -0.39 is 24.5 Å². The van der Waals surface area contributed by atoms with Gasteiger partial charge in [-0.3, -0.25) is 9.59 Å². The number of carboxylic acids is 1. The lowest BCUT2D eigenvalue weighted by Gasteiger charge is -2.06. The van der Waals surface area contributed by atoms with Gasteiger partial charge in [-0.15, -0.1) is 0 Å². The molecule has 9 heteroatoms. The number of esters is 1. The number of aliphatic carboxylic acids is 1. The minimum absolute atomic E-state index is 0.0766. The third kappa shape index (κ3) is 4.75. The second kappa shape index (κ2) is 9.08. The number of carbonyl (C=O) groups excluding carboxylic acids is 3. The normalized spacial score (nSPS) is 14.8. The van der Waals surface area contributed by atoms with Gasteiger partial charge in [0.25, 0.3) is 5.91 Å². The number of carboxylic acid groups (broad SMARTS) is 1. The second-order valence-electron chi connectivity index (χ2n) is 6.54. The average molecular weight is 412 g/mol. The van der Waals surface area contributed by atoms with Gasteiger partial charge in [0.15, 0.2) is 0 Å². The Hall–Kier alpha value is -3.88. The van der Waals surface area contributed by atoms with Crippen LogP contribution in [0.5, 0.6) is 0 Å². The van der Waals surface area contributed by atoms with Gasteiger partial charge in [-0.05, 0) is 30.7 Å². The average Bonchev–Trinajstić information content (AvgIpc) is 3.28. The second-order valence-corrected chi connectivity index (χ2v) is 6.54. The van der Waals surface area contributed by atoms with E-state index in [4.69, 9.17) is 14.3 Å². The van der Waals surface area contributed by atoms with Gasteiger partial charge in [0.1, 0.15) is 23.8 Å². The fraction of sp³-hybridized carbons (Fsp3) is 0.238. The summed E-state index contributed by atoms with van der Waals surface area (Å²) in [6.45, 7) is 1.67. The standard InChI is InChI=1S/C21H20N2O7/c1-2-3-10-29-20(27)14-6-4-13(5-7-14)17-9-8-15(30-17)11-16-19(26)23(12-18(24)25)21(28)22-16/h4-9,11H,2-3,10,12H2,1H3,(H,22,28)(H,24,25)/b16-11+. The fourth-order valence-corrected chi connectivity index (χ4v) is 2.74. The van der Waals surface area contributed by atoms with Crippen LogP contribution in [0.15, 0.2) is 46.5 Å². The lowest BCUT2D eigenvalue weighted by molar-refractivity contribution is -0.140. The molecule has 3 rings (SSSR count). The number of rotatable bonds is 8. The van der Waals surface area contributed by atoms with Gasteiger partial charge < -0.3 is 19.6 Å². The molecule has 0 spiro atoms. The minimum Gasteiger partial charge on any atom is -0.480 e. The molecule has 1 fully saturated rings. The molecule has 0 bridgehead atoms. The largest absolute Gasteiger partial charge is 0.480 e. The minimum atomic E-state index is -1.29. The van der Waals surface area contributed by atoms with Gasteiger partial charge in [-0.2, -0.15) is 0 Å². The monoisotopic (exact) mass is 412 g/mol. The first-order chi connectivity index (χ1) is 14.4. The summed E-state index contributed by atoms with van der Waals surface area (Å²) >= 11 is 0. The number of nitrogens with zero attached hydrogens (tertiary/aromatic N) is 1. The number of nitrogens with one attached hydrogen (secondary N) is 1. The first-order valence-corrected chi connectivity index (χ1v) is 9.32. The highest BCUT2D eigenvalue weighted by atomic mass is 16.5. The molecule has 0 radical (unpaired) electrons. The summed E-state index contributed by atoms with van der Waals surface area (Å²) in [7, 11) is 0. The third-order valence-corrected chi connectivity index (χ3v) is 4.31. The topological polar surface area (TPSA) is 126 Å². The lowest BCUT2D eigenvalue weighted by Crippen LogP contribution is -2.35. The number of ether oxygens (including phenoxy) is 1. The summed E-state index contributed by atoms with van der Waals surface area (Å²) in [5.41, 5.74) is 1.06. The Morgan fingerprint density at radius 3 is 2.57 bits per heavy atom. The van der Waals surface area contributed by atoms with Gasteiger partial charge in [0.05, 0.1) is 12.2 Å². The molecule has 1 aromatic carbocycles. The van der Waals surface area contributed by atoms with E-state index in [9.17, 15) is 19.2 Å². The number of imide groups is 1. The van der Waals surface area contributed by atoms with E-state index in [0.717, 1.165) is 12.8 Å². The molecule has 0 atom stereocenters. The van der Waals surface area contributed by atoms with Crippen LogP contribution in [0.4, 0.5) is 4.79 Å². The van der Waals surface area contributed by atoms with E-state index in [1.165, 1.54) is 6.08 Å². The van der Waals surface area contributed by atoms with E-state index in [-0.39, 0.29) is 11.7 Å². The van der Waals surface area contributed by atoms with Crippen molar-refractivity contribution < 1.29 is 33.4 Å². The summed E-state index contributed by atoms with van der Waals surface area (Å²) in [6, 6.07) is 9.17. The summed E-state index contributed by atoms with van der Waals surface area (Å²) in [5.74, 6) is -1.63. The molecule has 0 aliphatic carbocycles. The van der Waals surface area contributed by atoms with Gasteiger partial charge in [-0.1, -0.05) is 25.5 Å². The maximum absolute atomic E-state index is 12.2. The van der Waals surface area contributed by atoms with Crippen LogP contribution in [0.1, 0.15) is 35.9 Å². The molecule has 0 saturated carbocycles. The number of unbranched alkanes of at least 4 members (excludes halogenated alkanes) is 1. The molecule has 3 amide bonds. The zero-order valence-electron chi connectivity index (χ0n) is 16.2. The number of amides is 3. The zero-order chi connectivity index (χ0) is 21.7. The van der Waals surface area contributed by atoms with Crippen molar-refractivity contribution in [3.63, 3.8) is 0 Å². The molecule has 30 heavy (non-hydrogen) atoms. The molecule has 156 valence electrons. The van der Waals surface area contributed by atoms with E-state index in [0.29, 0.717) is 34.2 Å². The highest BCUT2D eigenvalue weighted by Gasteiger charge is 2.35. The van der Waals surface area contributed by atoms with Crippen LogP contribution in [-0.4, -0.2) is 47.0 Å². The molecule has 1 aliphatic rings. The number of furan rings is 1. The number of hydrogen-bond acceptors (Lipinski definition) is 6. The van der Waals surface area contributed by atoms with E-state index in [1.807, 2.05) is 6.92 Å². The quantitative estimate of drug-likeness (QED) is 0.295. The molecule has 2 N–H and O–H groups in total. The SMILES string of the molecule is CCCCOC(=O)c1ccc(-c2ccc(/C=C3/NC(=O)N(CC(=O)O)C3=O)o2)cc1. The molecule has 2 heterocycles. The van der Waals surface area contributed by atoms with Gasteiger partial charge >= 0.3 is 18.0 Å². The predicted octanol–water partition coefficient (Wildman–Crippen LogP) is 2.88. The molecule has 0 unspecified atom stereocenters. The molecule has 1 aromatic heterocycles. The van der Waals surface area contributed by atoms with Gasteiger partial charge in [-0.25, -0.2) is 14.5 Å². The van der Waals surface area contributed by atoms with Crippen LogP contribution >= 0.6 is 0 Å². The predicted molar refractivity (Wildman–Crippen MR) is 105 cm³/mol. The Labute approximate surface area is 171 Å². The Balaban J connectivity index is 1.70. The third-order valence-electron chi connectivity index (χ3n) is 4.31. The Morgan fingerprint density at radius 1 is 1.17 bits per heavy atom. The van der Waals surface area contributed by atoms with Crippen molar-refractivity contribution in [2.24, 2.45) is 0 Å². The molecule has 9 nitrogen and oxygen atoms in total. The van der Waals surface area contributed by atoms with E-state index in [1.54, 1.807) is 36.4 Å². The van der Waals surface area contributed by atoms with Crippen molar-refractivity contribution in [1.29, 1.82) is 0 Å². The van der Waals surface area contributed by atoms with Crippen LogP contribution < -0.4 is 5.32 Å². The highest BCUT2D eigenvalue weighted by molar-refractivity contribution is 6.15. The summed E-state index contributed by atoms with van der Waals surface area (Å²) in [4.78, 5) is 47.2. The van der Waals surface area contributed by atoms with Crippen molar-refractivity contribution >= 4 is 30.0 Å². The molecular weight excluding hydrogens is 392 g/mol. The van der Waals surface area contributed by atoms with Crippen molar-refractivity contribution in [3.8, 4) is 11.3 Å². The number of benzene rings is 1. The molecule has 1 aliphatic heterocycles. The fourth-order valence-electron chi connectivity index (χ4n) is 2.74. The van der Waals surface area contributed by atoms with E-state index >= 15 is 0 Å². The van der Waals surface area contributed by atoms with Crippen molar-refractivity contribution in [2.75, 3.05) is 13.2 Å². The lowest BCUT2D eigenvalue weighted by atomic mass is 10.1. The summed E-state index contributed by atoms with van der Waals surface area (Å²) < 4.78 is 10.8. The van der Waals surface area contributed by atoms with Crippen LogP contribution in [0.25, 0.3) is 17.4 Å². The van der Waals surface area contributed by atoms with Crippen molar-refractivity contribution in [1.82, 2.24) is 10.2 Å². The maximum Gasteiger partial charge on any atom is 0.338 e. The summed E-state index contributed by atoms with van der Waals surface area (Å²) in [6.07, 6.45) is 3.08. The first-order valence-electron chi connectivity index (χ1n) is 9.32. The summed E-state index contributed by atoms with van der Waals surface area (Å²) in [5, 5.41) is 11.1. The number of hydrogen-bond donors (Lipinski definition) is 2. The van der Waals surface area contributed by atoms with Gasteiger partial charge in [0.2, 0.25) is 0 Å². The number of carbonyl (C=O) groups is 4. The maximum atomic E-state index is 12.2. The molecule has 1 saturated heterocycles. The van der Waals surface area contributed by atoms with E-state index in [2.05, 4.69) is 5.32 Å². The Morgan fingerprint density at radius 2 is 1.90 bits per heavy atom. The van der Waals surface area contributed by atoms with Crippen molar-refractivity contribution in [2.45, 2.75) is 19.8 Å². The Bertz CT molecular complexity index is 1000. The number of urea groups is 1. The van der Waals surface area contributed by atoms with Crippen LogP contribution in [0.3, 0.4) is 0 Å². The smallest absolute Gasteiger partial charge is 0.338 e. The highest BCUT2D eigenvalue weighted by Crippen LogP contribution is 2.24. The van der Waals surface area contributed by atoms with Crippen LogP contribution in [0, 0.1) is 0 Å². The zero-order valence-corrected chi connectivity index (χ0v) is 16.2. The molecular formula is C21H20N2O7. The van der Waals surface area contributed by atoms with Crippen LogP contribution in [-0.2, 0) is 14.3 Å². The first kappa shape index (κ1) is 20.8.